The number of hydrogen-bond acceptors (Lipinski definition) is 0. The van der Waals surface area contributed by atoms with Gasteiger partial charge in [0.15, 0.2) is 0 Å². The fourth-order valence-corrected chi connectivity index (χ4v) is 4.59. The van der Waals surface area contributed by atoms with E-state index in [0.29, 0.717) is 0 Å². The van der Waals surface area contributed by atoms with Crippen molar-refractivity contribution in [3.8, 4) is 11.1 Å². The molecule has 0 radical (unpaired) electrons. The van der Waals surface area contributed by atoms with Gasteiger partial charge in [0.2, 0.25) is 0 Å². The monoisotopic (exact) mass is 388 g/mol. The number of fused-ring (bicyclic) bond motifs is 7. The van der Waals surface area contributed by atoms with Gasteiger partial charge in [0, 0.05) is 5.02 Å². The summed E-state index contributed by atoms with van der Waals surface area (Å²) in [6.07, 6.45) is 0. The predicted octanol–water partition coefficient (Wildman–Crippen LogP) is 8.62. The molecule has 0 saturated heterocycles. The van der Waals surface area contributed by atoms with Gasteiger partial charge in [-0.3, -0.25) is 0 Å². The van der Waals surface area contributed by atoms with Crippen molar-refractivity contribution in [2.75, 3.05) is 0 Å². The Labute approximate surface area is 174 Å². The van der Waals surface area contributed by atoms with E-state index in [-0.39, 0.29) is 0 Å². The molecule has 0 unspecified atom stereocenters. The van der Waals surface area contributed by atoms with Crippen LogP contribution < -0.4 is 0 Å². The fraction of sp³-hybridized carbons (Fsp3) is 0. The van der Waals surface area contributed by atoms with Crippen molar-refractivity contribution in [2.24, 2.45) is 0 Å². The average molecular weight is 389 g/mol. The zero-order valence-corrected chi connectivity index (χ0v) is 16.4. The van der Waals surface area contributed by atoms with Crippen molar-refractivity contribution in [1.82, 2.24) is 0 Å². The van der Waals surface area contributed by atoms with E-state index in [0.717, 1.165) is 5.02 Å². The molecule has 136 valence electrons. The third kappa shape index (κ3) is 2.61. The van der Waals surface area contributed by atoms with E-state index in [1.54, 1.807) is 0 Å². The van der Waals surface area contributed by atoms with Gasteiger partial charge in [0.1, 0.15) is 0 Å². The molecule has 0 spiro atoms. The maximum atomic E-state index is 6.09. The third-order valence-corrected chi connectivity index (χ3v) is 6.14. The van der Waals surface area contributed by atoms with Crippen molar-refractivity contribution in [1.29, 1.82) is 0 Å². The second kappa shape index (κ2) is 6.34. The van der Waals surface area contributed by atoms with Gasteiger partial charge in [-0.2, -0.15) is 0 Å². The van der Waals surface area contributed by atoms with E-state index in [1.807, 2.05) is 12.1 Å². The molecule has 6 rings (SSSR count). The Morgan fingerprint density at radius 1 is 0.414 bits per heavy atom. The summed E-state index contributed by atoms with van der Waals surface area (Å²) in [6.45, 7) is 0. The van der Waals surface area contributed by atoms with Crippen molar-refractivity contribution >= 4 is 54.7 Å². The lowest BCUT2D eigenvalue weighted by atomic mass is 9.91. The Morgan fingerprint density at radius 2 is 0.931 bits per heavy atom. The molecule has 0 amide bonds. The van der Waals surface area contributed by atoms with Gasteiger partial charge in [-0.05, 0) is 72.4 Å². The molecule has 0 bridgehead atoms. The molecule has 0 nitrogen and oxygen atoms in total. The molecule has 6 aromatic carbocycles. The summed E-state index contributed by atoms with van der Waals surface area (Å²) < 4.78 is 0. The average Bonchev–Trinajstić information content (AvgIpc) is 2.78. The highest BCUT2D eigenvalue weighted by molar-refractivity contribution is 6.30. The van der Waals surface area contributed by atoms with Crippen LogP contribution in [-0.2, 0) is 0 Å². The molecule has 0 aliphatic rings. The number of halogens is 1. The van der Waals surface area contributed by atoms with Gasteiger partial charge in [-0.15, -0.1) is 0 Å². The quantitative estimate of drug-likeness (QED) is 0.247. The molecule has 0 aromatic heterocycles. The summed E-state index contributed by atoms with van der Waals surface area (Å²) in [5.41, 5.74) is 2.39. The highest BCUT2D eigenvalue weighted by Gasteiger charge is 2.10. The molecule has 0 aliphatic carbocycles. The lowest BCUT2D eigenvalue weighted by Crippen LogP contribution is -1.85. The zero-order valence-electron chi connectivity index (χ0n) is 15.7. The van der Waals surface area contributed by atoms with Crippen LogP contribution in [0.5, 0.6) is 0 Å². The maximum Gasteiger partial charge on any atom is 0.0406 e. The minimum atomic E-state index is 0.762. The molecular weight excluding hydrogens is 372 g/mol. The van der Waals surface area contributed by atoms with Crippen LogP contribution in [0.4, 0.5) is 0 Å². The first-order valence-corrected chi connectivity index (χ1v) is 10.2. The van der Waals surface area contributed by atoms with Crippen LogP contribution >= 0.6 is 11.6 Å². The summed E-state index contributed by atoms with van der Waals surface area (Å²) in [4.78, 5) is 0. The first kappa shape index (κ1) is 16.6. The Bertz CT molecular complexity index is 1530. The fourth-order valence-electron chi connectivity index (χ4n) is 4.46. The van der Waals surface area contributed by atoms with Crippen molar-refractivity contribution < 1.29 is 0 Å². The molecule has 29 heavy (non-hydrogen) atoms. The Balaban J connectivity index is 1.79. The normalized spacial score (nSPS) is 11.6. The lowest BCUT2D eigenvalue weighted by molar-refractivity contribution is 1.65. The summed E-state index contributed by atoms with van der Waals surface area (Å²) in [6, 6.07) is 36.9. The van der Waals surface area contributed by atoms with E-state index in [2.05, 4.69) is 91.0 Å². The Morgan fingerprint density at radius 3 is 1.66 bits per heavy atom. The van der Waals surface area contributed by atoms with Gasteiger partial charge < -0.3 is 0 Å². The number of rotatable bonds is 1. The second-order valence-corrected chi connectivity index (χ2v) is 7.99. The van der Waals surface area contributed by atoms with Crippen LogP contribution in [0.15, 0.2) is 103 Å². The maximum absolute atomic E-state index is 6.09. The number of benzene rings is 6. The first-order chi connectivity index (χ1) is 14.3. The summed E-state index contributed by atoms with van der Waals surface area (Å²) in [5, 5.41) is 11.1. The Kier molecular flexibility index (Phi) is 3.62. The number of hydrogen-bond donors (Lipinski definition) is 0. The van der Waals surface area contributed by atoms with Crippen LogP contribution in [0.1, 0.15) is 0 Å². The highest BCUT2D eigenvalue weighted by atomic mass is 35.5. The standard InChI is InChI=1S/C28H17Cl/c29-24-15-13-18(14-16-24)23-12-7-20-6-9-22-11-10-21-8-5-19-3-1-2-4-25(19)27(21)28(22)26(20)17-23/h1-17H. The summed E-state index contributed by atoms with van der Waals surface area (Å²) >= 11 is 6.09. The van der Waals surface area contributed by atoms with Crippen LogP contribution in [0.2, 0.25) is 5.02 Å². The van der Waals surface area contributed by atoms with Crippen LogP contribution in [0.3, 0.4) is 0 Å². The third-order valence-electron chi connectivity index (χ3n) is 5.89. The lowest BCUT2D eigenvalue weighted by Gasteiger charge is -2.12. The molecule has 6 aromatic rings. The first-order valence-electron chi connectivity index (χ1n) is 9.81. The summed E-state index contributed by atoms with van der Waals surface area (Å²) in [5.74, 6) is 0. The van der Waals surface area contributed by atoms with E-state index in [9.17, 15) is 0 Å². The molecular formula is C28H17Cl. The largest absolute Gasteiger partial charge is 0.0843 e. The second-order valence-electron chi connectivity index (χ2n) is 7.56. The van der Waals surface area contributed by atoms with Gasteiger partial charge in [-0.1, -0.05) is 96.5 Å². The van der Waals surface area contributed by atoms with Gasteiger partial charge in [0.25, 0.3) is 0 Å². The zero-order chi connectivity index (χ0) is 19.4. The minimum Gasteiger partial charge on any atom is -0.0843 e. The minimum absolute atomic E-state index is 0.762. The predicted molar refractivity (Wildman–Crippen MR) is 127 cm³/mol. The van der Waals surface area contributed by atoms with Crippen molar-refractivity contribution in [3.63, 3.8) is 0 Å². The van der Waals surface area contributed by atoms with Gasteiger partial charge in [-0.25, -0.2) is 0 Å². The van der Waals surface area contributed by atoms with Crippen LogP contribution in [-0.4, -0.2) is 0 Å². The topological polar surface area (TPSA) is 0 Å². The van der Waals surface area contributed by atoms with E-state index < -0.39 is 0 Å². The Hall–Kier alpha value is -3.35. The molecule has 0 aliphatic heterocycles. The van der Waals surface area contributed by atoms with Crippen molar-refractivity contribution in [2.45, 2.75) is 0 Å². The molecule has 0 atom stereocenters. The molecule has 0 saturated carbocycles. The van der Waals surface area contributed by atoms with Gasteiger partial charge in [0.05, 0.1) is 0 Å². The molecule has 0 fully saturated rings. The molecule has 0 N–H and O–H groups in total. The van der Waals surface area contributed by atoms with Crippen LogP contribution in [0.25, 0.3) is 54.2 Å². The molecule has 1 heteroatoms. The molecule has 0 heterocycles. The van der Waals surface area contributed by atoms with E-state index >= 15 is 0 Å². The smallest absolute Gasteiger partial charge is 0.0406 e. The summed E-state index contributed by atoms with van der Waals surface area (Å²) in [7, 11) is 0. The highest BCUT2D eigenvalue weighted by Crippen LogP contribution is 2.38. The van der Waals surface area contributed by atoms with Gasteiger partial charge >= 0.3 is 0 Å². The SMILES string of the molecule is Clc1ccc(-c2ccc3ccc4ccc5ccc6ccccc6c5c4c3c2)cc1. The van der Waals surface area contributed by atoms with Crippen LogP contribution in [0, 0.1) is 0 Å². The van der Waals surface area contributed by atoms with E-state index in [4.69, 9.17) is 11.6 Å². The van der Waals surface area contributed by atoms with Crippen molar-refractivity contribution in [3.05, 3.63) is 108 Å². The van der Waals surface area contributed by atoms with E-state index in [1.165, 1.54) is 54.2 Å².